The van der Waals surface area contributed by atoms with Crippen molar-refractivity contribution in [2.75, 3.05) is 20.1 Å². The van der Waals surface area contributed by atoms with Gasteiger partial charge in [-0.05, 0) is 30.9 Å². The maximum Gasteiger partial charge on any atom is 0.174 e. The Balaban J connectivity index is 0.00000160. The smallest absolute Gasteiger partial charge is 0.174 e. The van der Waals surface area contributed by atoms with Crippen LogP contribution in [0.3, 0.4) is 0 Å². The number of phenols is 1. The van der Waals surface area contributed by atoms with Crippen LogP contribution in [-0.4, -0.2) is 58.4 Å². The minimum absolute atomic E-state index is 0. The third-order valence-corrected chi connectivity index (χ3v) is 8.28. The van der Waals surface area contributed by atoms with Crippen molar-refractivity contribution in [3.63, 3.8) is 0 Å². The summed E-state index contributed by atoms with van der Waals surface area (Å²) < 4.78 is 6.98. The molecule has 5 atom stereocenters. The van der Waals surface area contributed by atoms with E-state index in [2.05, 4.69) is 7.05 Å². The van der Waals surface area contributed by atoms with Gasteiger partial charge in [0.2, 0.25) is 0 Å². The number of quaternary nitrogens is 1. The van der Waals surface area contributed by atoms with Crippen LogP contribution in [0.2, 0.25) is 0 Å². The maximum atomic E-state index is 12.8. The third kappa shape index (κ3) is 1.94. The Labute approximate surface area is 169 Å². The van der Waals surface area contributed by atoms with Gasteiger partial charge in [-0.1, -0.05) is 6.07 Å². The van der Waals surface area contributed by atoms with E-state index < -0.39 is 17.1 Å². The van der Waals surface area contributed by atoms with Gasteiger partial charge in [0.15, 0.2) is 23.4 Å². The van der Waals surface area contributed by atoms with Gasteiger partial charge in [0.1, 0.15) is 11.6 Å². The average molecular weight is 436 g/mol. The first-order chi connectivity index (χ1) is 12.4. The Morgan fingerprint density at radius 1 is 1.30 bits per heavy atom. The van der Waals surface area contributed by atoms with Crippen molar-refractivity contribution in [3.05, 3.63) is 23.3 Å². The van der Waals surface area contributed by atoms with Crippen molar-refractivity contribution in [1.29, 1.82) is 0 Å². The highest BCUT2D eigenvalue weighted by Gasteiger charge is 2.76. The van der Waals surface area contributed by atoms with Gasteiger partial charge in [0.05, 0.1) is 25.6 Å². The van der Waals surface area contributed by atoms with Crippen molar-refractivity contribution in [2.45, 2.75) is 61.7 Å². The number of rotatable bonds is 2. The minimum atomic E-state index is -0.931. The lowest BCUT2D eigenvalue weighted by Gasteiger charge is -2.64. The van der Waals surface area contributed by atoms with E-state index in [0.717, 1.165) is 47.5 Å². The van der Waals surface area contributed by atoms with E-state index in [0.29, 0.717) is 18.6 Å². The molecule has 5 nitrogen and oxygen atoms in total. The summed E-state index contributed by atoms with van der Waals surface area (Å²) in [5.74, 6) is 1.42. The number of ketones is 1. The van der Waals surface area contributed by atoms with E-state index in [-0.39, 0.29) is 34.6 Å². The summed E-state index contributed by atoms with van der Waals surface area (Å²) in [6.45, 7) is 2.09. The lowest BCUT2D eigenvalue weighted by Crippen LogP contribution is -3.00. The second kappa shape index (κ2) is 5.28. The van der Waals surface area contributed by atoms with Gasteiger partial charge < -0.3 is 36.4 Å². The molecule has 6 rings (SSSR count). The molecule has 0 aromatic heterocycles. The first-order valence-corrected chi connectivity index (χ1v) is 10.0. The molecule has 3 aliphatic carbocycles. The predicted molar refractivity (Wildman–Crippen MR) is 94.1 cm³/mol. The van der Waals surface area contributed by atoms with Gasteiger partial charge in [-0.15, -0.1) is 0 Å². The molecule has 1 spiro atoms. The van der Waals surface area contributed by atoms with Gasteiger partial charge in [0.25, 0.3) is 0 Å². The van der Waals surface area contributed by atoms with Crippen molar-refractivity contribution in [1.82, 2.24) is 0 Å². The number of carbonyl (C=O) groups is 1. The zero-order valence-electron chi connectivity index (χ0n) is 15.6. The predicted octanol–water partition coefficient (Wildman–Crippen LogP) is -1.33. The normalized spacial score (nSPS) is 43.6. The third-order valence-electron chi connectivity index (χ3n) is 8.28. The van der Waals surface area contributed by atoms with Gasteiger partial charge in [-0.2, -0.15) is 0 Å². The van der Waals surface area contributed by atoms with Gasteiger partial charge in [-0.3, -0.25) is 4.79 Å². The van der Waals surface area contributed by atoms with Gasteiger partial charge >= 0.3 is 0 Å². The van der Waals surface area contributed by atoms with Crippen LogP contribution >= 0.6 is 0 Å². The molecule has 0 amide bonds. The summed E-state index contributed by atoms with van der Waals surface area (Å²) in [7, 11) is 2.31. The fourth-order valence-corrected chi connectivity index (χ4v) is 6.94. The first kappa shape index (κ1) is 18.0. The quantitative estimate of drug-likeness (QED) is 0.565. The van der Waals surface area contributed by atoms with Crippen molar-refractivity contribution < 1.29 is 41.2 Å². The number of halogens is 1. The van der Waals surface area contributed by atoms with Crippen molar-refractivity contribution in [2.24, 2.45) is 5.92 Å². The van der Waals surface area contributed by atoms with Crippen LogP contribution in [-0.2, 0) is 16.6 Å². The van der Waals surface area contributed by atoms with Crippen LogP contribution < -0.4 is 21.7 Å². The molecule has 1 aromatic carbocycles. The molecule has 2 heterocycles. The second-order valence-electron chi connectivity index (χ2n) is 9.61. The fraction of sp³-hybridized carbons (Fsp3) is 0.667. The number of phenolic OH excluding ortho intramolecular Hbond substituents is 1. The summed E-state index contributed by atoms with van der Waals surface area (Å²) in [6.07, 6.45) is 4.42. The largest absolute Gasteiger partial charge is 1.00 e. The van der Waals surface area contributed by atoms with E-state index in [1.165, 1.54) is 12.8 Å². The first-order valence-electron chi connectivity index (χ1n) is 10.0. The monoisotopic (exact) mass is 435 g/mol. The molecule has 3 fully saturated rings. The molecule has 27 heavy (non-hydrogen) atoms. The number of likely N-dealkylation sites (N-methyl/N-ethyl adjacent to an activating group) is 1. The lowest BCUT2D eigenvalue weighted by atomic mass is 9.48. The van der Waals surface area contributed by atoms with E-state index in [4.69, 9.17) is 4.74 Å². The Hall–Kier alpha value is -1.11. The Morgan fingerprint density at radius 2 is 2.07 bits per heavy atom. The number of likely N-dealkylation sites (tertiary alicyclic amines) is 1. The number of hydrogen-bond acceptors (Lipinski definition) is 4. The molecule has 2 bridgehead atoms. The Kier molecular flexibility index (Phi) is 3.51. The van der Waals surface area contributed by atoms with Crippen molar-refractivity contribution >= 4 is 5.78 Å². The van der Waals surface area contributed by atoms with E-state index >= 15 is 0 Å². The number of Topliss-reactive ketones (excluding diaryl/α,β-unsaturated/α-hetero) is 1. The fourth-order valence-electron chi connectivity index (χ4n) is 6.94. The van der Waals surface area contributed by atoms with Crippen LogP contribution in [0.5, 0.6) is 11.5 Å². The van der Waals surface area contributed by atoms with E-state index in [9.17, 15) is 15.0 Å². The Morgan fingerprint density at radius 3 is 2.81 bits per heavy atom. The molecular weight excluding hydrogens is 410 g/mol. The molecular formula is C21H26BrNO4. The van der Waals surface area contributed by atoms with Crippen LogP contribution in [0.4, 0.5) is 0 Å². The molecule has 0 radical (unpaired) electrons. The molecule has 2 N–H and O–H groups in total. The van der Waals surface area contributed by atoms with Crippen LogP contribution in [0.25, 0.3) is 0 Å². The number of aromatic hydroxyl groups is 1. The summed E-state index contributed by atoms with van der Waals surface area (Å²) in [4.78, 5) is 12.8. The lowest BCUT2D eigenvalue weighted by molar-refractivity contribution is -0.950. The molecule has 146 valence electrons. The summed E-state index contributed by atoms with van der Waals surface area (Å²) in [5, 5.41) is 22.5. The number of nitrogens with zero attached hydrogens (tertiary/aromatic N) is 1. The topological polar surface area (TPSA) is 66.8 Å². The number of aliphatic hydroxyl groups is 1. The highest BCUT2D eigenvalue weighted by atomic mass is 79.9. The molecule has 2 unspecified atom stereocenters. The van der Waals surface area contributed by atoms with Crippen LogP contribution in [0.1, 0.15) is 43.2 Å². The maximum absolute atomic E-state index is 12.8. The number of hydrogen-bond donors (Lipinski definition) is 2. The van der Waals surface area contributed by atoms with E-state index in [1.807, 2.05) is 6.07 Å². The number of carbonyl (C=O) groups excluding carboxylic acids is 1. The second-order valence-corrected chi connectivity index (χ2v) is 9.61. The number of benzene rings is 1. The SMILES string of the molecule is C[N+]1(CC2CC2)CC[C@]23c4c5ccc(O)c4OC2C(=O)CC[C@@]3(O)[C@H]1C5.[Br-]. The molecule has 5 aliphatic rings. The number of piperidine rings is 1. The van der Waals surface area contributed by atoms with Crippen LogP contribution in [0, 0.1) is 5.92 Å². The molecule has 2 aliphatic heterocycles. The van der Waals surface area contributed by atoms with Crippen molar-refractivity contribution in [3.8, 4) is 11.5 Å². The minimum Gasteiger partial charge on any atom is -1.00 e. The Bertz CT molecular complexity index is 855. The average Bonchev–Trinajstić information content (AvgIpc) is 3.32. The molecule has 6 heteroatoms. The highest BCUT2D eigenvalue weighted by molar-refractivity contribution is 5.90. The number of ether oxygens (including phenoxy) is 1. The highest BCUT2D eigenvalue weighted by Crippen LogP contribution is 2.65. The molecule has 1 aromatic rings. The molecule has 2 saturated carbocycles. The summed E-state index contributed by atoms with van der Waals surface area (Å²) >= 11 is 0. The van der Waals surface area contributed by atoms with Gasteiger partial charge in [0, 0.05) is 30.7 Å². The standard InChI is InChI=1S/C21H25NO4.BrH/c1-22(11-12-2-3-12)9-8-20-17-13-4-5-14(23)18(17)26-19(20)15(24)6-7-21(20,25)16(22)10-13;/h4-5,12,16,19,25H,2-3,6-11H2,1H3;1H/t16-,19?,20+,21-,22?;/m1./s1. The van der Waals surface area contributed by atoms with Crippen LogP contribution in [0.15, 0.2) is 12.1 Å². The van der Waals surface area contributed by atoms with Gasteiger partial charge in [-0.25, -0.2) is 0 Å². The zero-order valence-corrected chi connectivity index (χ0v) is 17.2. The van der Waals surface area contributed by atoms with E-state index in [1.54, 1.807) is 6.07 Å². The molecule has 1 saturated heterocycles. The summed E-state index contributed by atoms with van der Waals surface area (Å²) in [6, 6.07) is 3.77. The summed E-state index contributed by atoms with van der Waals surface area (Å²) in [5.41, 5.74) is 0.492. The zero-order chi connectivity index (χ0) is 17.9.